The van der Waals surface area contributed by atoms with Gasteiger partial charge in [0.05, 0.1) is 19.0 Å². The molecule has 0 aromatic carbocycles. The minimum atomic E-state index is -3.82. The van der Waals surface area contributed by atoms with E-state index in [1.807, 2.05) is 4.98 Å². The number of azide groups is 1. The maximum atomic E-state index is 12.0. The Bertz CT molecular complexity index is 947. The zero-order valence-electron chi connectivity index (χ0n) is 13.6. The van der Waals surface area contributed by atoms with E-state index in [0.717, 1.165) is 30.0 Å². The molecule has 0 bridgehead atoms. The number of carbonyl (C=O) groups is 1. The third-order valence-electron chi connectivity index (χ3n) is 3.37. The molecular weight excluding hydrogens is 374 g/mol. The lowest BCUT2D eigenvalue weighted by Gasteiger charge is -2.21. The van der Waals surface area contributed by atoms with Crippen LogP contribution in [0.4, 0.5) is 0 Å². The van der Waals surface area contributed by atoms with Gasteiger partial charge in [-0.1, -0.05) is 5.11 Å². The summed E-state index contributed by atoms with van der Waals surface area (Å²) in [7, 11) is -3.82. The molecule has 4 atom stereocenters. The summed E-state index contributed by atoms with van der Waals surface area (Å²) < 4.78 is 38.6. The fourth-order valence-electron chi connectivity index (χ4n) is 2.42. The molecule has 1 fully saturated rings. The van der Waals surface area contributed by atoms with Crippen LogP contribution in [-0.2, 0) is 28.6 Å². The summed E-state index contributed by atoms with van der Waals surface area (Å²) in [5.41, 5.74) is 7.25. The van der Waals surface area contributed by atoms with Crippen LogP contribution in [0.25, 0.3) is 10.4 Å². The lowest BCUT2D eigenvalue weighted by atomic mass is 10.1. The highest BCUT2D eigenvalue weighted by atomic mass is 32.2. The second kappa shape index (κ2) is 7.70. The molecule has 26 heavy (non-hydrogen) atoms. The second-order valence-electron chi connectivity index (χ2n) is 5.34. The molecular formula is C12H15N5O8S. The van der Waals surface area contributed by atoms with Crippen LogP contribution >= 0.6 is 0 Å². The summed E-state index contributed by atoms with van der Waals surface area (Å²) in [5, 5.41) is 3.48. The Kier molecular flexibility index (Phi) is 5.82. The van der Waals surface area contributed by atoms with Crippen LogP contribution < -0.4 is 11.2 Å². The molecule has 2 rings (SSSR count). The Morgan fingerprint density at radius 1 is 1.50 bits per heavy atom. The third kappa shape index (κ3) is 4.70. The molecule has 1 N–H and O–H groups in total. The van der Waals surface area contributed by atoms with Crippen molar-refractivity contribution in [1.29, 1.82) is 0 Å². The second-order valence-corrected chi connectivity index (χ2v) is 6.98. The lowest BCUT2D eigenvalue weighted by molar-refractivity contribution is -0.153. The zero-order valence-corrected chi connectivity index (χ0v) is 14.5. The number of nitrogens with one attached hydrogen (secondary N) is 1. The first kappa shape index (κ1) is 19.7. The summed E-state index contributed by atoms with van der Waals surface area (Å²) in [6.07, 6.45) is -1.73. The Labute approximate surface area is 146 Å². The van der Waals surface area contributed by atoms with E-state index in [2.05, 4.69) is 14.2 Å². The summed E-state index contributed by atoms with van der Waals surface area (Å²) in [5.74, 6) is -0.746. The van der Waals surface area contributed by atoms with Crippen molar-refractivity contribution in [2.75, 3.05) is 12.9 Å². The molecule has 142 valence electrons. The maximum absolute atomic E-state index is 12.0. The Morgan fingerprint density at radius 3 is 2.73 bits per heavy atom. The quantitative estimate of drug-likeness (QED) is 0.212. The van der Waals surface area contributed by atoms with Crippen molar-refractivity contribution in [3.05, 3.63) is 43.5 Å². The monoisotopic (exact) mass is 389 g/mol. The van der Waals surface area contributed by atoms with E-state index in [0.29, 0.717) is 0 Å². The molecule has 1 aromatic rings. The molecule has 13 nitrogen and oxygen atoms in total. The van der Waals surface area contributed by atoms with Crippen LogP contribution in [0.15, 0.2) is 27.0 Å². The van der Waals surface area contributed by atoms with Crippen molar-refractivity contribution < 1.29 is 26.9 Å². The summed E-state index contributed by atoms with van der Waals surface area (Å²) >= 11 is 0. The van der Waals surface area contributed by atoms with Crippen LogP contribution in [0, 0.1) is 0 Å². The molecule has 0 spiro atoms. The molecule has 0 saturated carbocycles. The van der Waals surface area contributed by atoms with Crippen LogP contribution in [0.5, 0.6) is 0 Å². The van der Waals surface area contributed by atoms with Gasteiger partial charge in [-0.25, -0.2) is 4.79 Å². The summed E-state index contributed by atoms with van der Waals surface area (Å²) in [6, 6.07) is -0.132. The fraction of sp³-hybridized carbons (Fsp3) is 0.583. The number of aromatic amines is 1. The van der Waals surface area contributed by atoms with Crippen LogP contribution in [-0.4, -0.2) is 55.1 Å². The van der Waals surface area contributed by atoms with Gasteiger partial charge in [0, 0.05) is 24.1 Å². The van der Waals surface area contributed by atoms with Crippen molar-refractivity contribution in [2.45, 2.75) is 31.4 Å². The van der Waals surface area contributed by atoms with Gasteiger partial charge in [0.1, 0.15) is 6.04 Å². The number of nitrogens with zero attached hydrogens (tertiary/aromatic N) is 4. The number of carbonyl (C=O) groups excluding carboxylic acids is 1. The topological polar surface area (TPSA) is 183 Å². The van der Waals surface area contributed by atoms with Gasteiger partial charge in [-0.05, 0) is 5.53 Å². The van der Waals surface area contributed by atoms with Crippen LogP contribution in [0.3, 0.4) is 0 Å². The Hall–Kier alpha value is -2.67. The number of esters is 1. The number of aromatic nitrogens is 2. The number of H-pyrrole nitrogens is 1. The van der Waals surface area contributed by atoms with E-state index in [-0.39, 0.29) is 0 Å². The molecule has 1 aliphatic rings. The van der Waals surface area contributed by atoms with Crippen molar-refractivity contribution >= 4 is 16.1 Å². The number of ether oxygens (including phenoxy) is 2. The molecule has 1 saturated heterocycles. The van der Waals surface area contributed by atoms with E-state index in [1.54, 1.807) is 0 Å². The van der Waals surface area contributed by atoms with Crippen LogP contribution in [0.2, 0.25) is 0 Å². The van der Waals surface area contributed by atoms with Gasteiger partial charge in [0.15, 0.2) is 12.3 Å². The Balaban J connectivity index is 2.44. The minimum absolute atomic E-state index is 0.533. The smallest absolute Gasteiger partial charge is 0.330 e. The zero-order chi connectivity index (χ0) is 19.5. The maximum Gasteiger partial charge on any atom is 0.330 e. The minimum Gasteiger partial charge on any atom is -0.457 e. The van der Waals surface area contributed by atoms with Gasteiger partial charge in [-0.15, -0.1) is 0 Å². The molecule has 2 heterocycles. The normalized spacial score (nSPS) is 25.5. The fourth-order valence-corrected chi connectivity index (χ4v) is 2.80. The van der Waals surface area contributed by atoms with Gasteiger partial charge < -0.3 is 9.47 Å². The van der Waals surface area contributed by atoms with Gasteiger partial charge >= 0.3 is 11.7 Å². The first-order valence-corrected chi connectivity index (χ1v) is 8.97. The molecule has 1 aromatic heterocycles. The lowest BCUT2D eigenvalue weighted by Crippen LogP contribution is -2.39. The first-order valence-electron chi connectivity index (χ1n) is 7.15. The molecule has 0 aliphatic carbocycles. The van der Waals surface area contributed by atoms with Gasteiger partial charge in [0.2, 0.25) is 0 Å². The van der Waals surface area contributed by atoms with Crippen molar-refractivity contribution in [3.63, 3.8) is 0 Å². The molecule has 1 aliphatic heterocycles. The predicted octanol–water partition coefficient (Wildman–Crippen LogP) is -0.979. The van der Waals surface area contributed by atoms with Crippen LogP contribution in [0.1, 0.15) is 13.2 Å². The molecule has 0 amide bonds. The number of rotatable bonds is 6. The summed E-state index contributed by atoms with van der Waals surface area (Å²) in [6.45, 7) is 0.565. The average molecular weight is 389 g/mol. The number of hydrogen-bond acceptors (Lipinski definition) is 9. The predicted molar refractivity (Wildman–Crippen MR) is 84.5 cm³/mol. The average Bonchev–Trinajstić information content (AvgIpc) is 2.82. The van der Waals surface area contributed by atoms with Crippen molar-refractivity contribution in [3.8, 4) is 0 Å². The highest BCUT2D eigenvalue weighted by Crippen LogP contribution is 2.33. The van der Waals surface area contributed by atoms with E-state index < -0.39 is 58.4 Å². The van der Waals surface area contributed by atoms with E-state index >= 15 is 0 Å². The number of hydrogen-bond donors (Lipinski definition) is 1. The third-order valence-corrected chi connectivity index (χ3v) is 3.94. The summed E-state index contributed by atoms with van der Waals surface area (Å²) in [4.78, 5) is 39.3. The van der Waals surface area contributed by atoms with Gasteiger partial charge in [-0.3, -0.25) is 23.3 Å². The van der Waals surface area contributed by atoms with E-state index in [9.17, 15) is 22.8 Å². The largest absolute Gasteiger partial charge is 0.457 e. The Morgan fingerprint density at radius 2 is 2.19 bits per heavy atom. The highest BCUT2D eigenvalue weighted by molar-refractivity contribution is 7.85. The van der Waals surface area contributed by atoms with Gasteiger partial charge in [-0.2, -0.15) is 8.42 Å². The standard InChI is InChI=1S/C12H15N5O8S/c1-6(18)24-10-9(15-16-13)7(5-23-26(2,21)22)25-11(10)17-4-3-8(19)14-12(17)20/h3-4,7,9-11H,5H2,1-2H3,(H,14,19,20)/t7-,9+,10+,11+/m0/s1. The SMILES string of the molecule is CC(=O)O[C@@H]1[C@H](N=[N+]=[N-])[C@H](COS(C)(=O)=O)O[C@H]1n1ccc(=O)[nH]c1=O. The highest BCUT2D eigenvalue weighted by Gasteiger charge is 2.48. The molecule has 14 heteroatoms. The van der Waals surface area contributed by atoms with Crippen molar-refractivity contribution in [2.24, 2.45) is 5.11 Å². The van der Waals surface area contributed by atoms with Crippen molar-refractivity contribution in [1.82, 2.24) is 9.55 Å². The molecule has 0 unspecified atom stereocenters. The first-order chi connectivity index (χ1) is 12.1. The van der Waals surface area contributed by atoms with Gasteiger partial charge in [0.25, 0.3) is 15.7 Å². The van der Waals surface area contributed by atoms with E-state index in [4.69, 9.17) is 15.0 Å². The van der Waals surface area contributed by atoms with E-state index in [1.165, 1.54) is 0 Å². The molecule has 0 radical (unpaired) electrons.